The van der Waals surface area contributed by atoms with E-state index >= 15 is 0 Å². The highest BCUT2D eigenvalue weighted by atomic mass is 16.2. The number of carbonyl (C=O) groups excluding carboxylic acids is 1. The van der Waals surface area contributed by atoms with E-state index in [-0.39, 0.29) is 5.92 Å². The van der Waals surface area contributed by atoms with E-state index in [4.69, 9.17) is 0 Å². The second-order valence-corrected chi connectivity index (χ2v) is 7.54. The summed E-state index contributed by atoms with van der Waals surface area (Å²) in [7, 11) is 1.95. The summed E-state index contributed by atoms with van der Waals surface area (Å²) in [5, 5.41) is 4.25. The minimum Gasteiger partial charge on any atom is -0.339 e. The molecule has 2 aliphatic carbocycles. The zero-order valence-corrected chi connectivity index (χ0v) is 13.6. The topological polar surface area (TPSA) is 38.1 Å². The van der Waals surface area contributed by atoms with Gasteiger partial charge in [-0.3, -0.25) is 9.48 Å². The van der Waals surface area contributed by atoms with Crippen LogP contribution in [0.4, 0.5) is 0 Å². The monoisotopic (exact) mass is 301 g/mol. The summed E-state index contributed by atoms with van der Waals surface area (Å²) in [6.45, 7) is 0.996. The fraction of sp³-hybridized carbons (Fsp3) is 0.778. The van der Waals surface area contributed by atoms with Crippen molar-refractivity contribution in [2.45, 2.75) is 63.3 Å². The SMILES string of the molecule is Cn1cc([C@@H]2C[C@H]2C(=O)N2CCC[C@H]2C2CCCCC2)cn1. The predicted octanol–water partition coefficient (Wildman–Crippen LogP) is 3.09. The molecule has 0 bridgehead atoms. The molecule has 2 heterocycles. The maximum absolute atomic E-state index is 12.9. The van der Waals surface area contributed by atoms with Crippen LogP contribution in [-0.4, -0.2) is 33.2 Å². The third kappa shape index (κ3) is 2.57. The van der Waals surface area contributed by atoms with E-state index < -0.39 is 0 Å². The molecule has 3 fully saturated rings. The molecule has 4 rings (SSSR count). The first-order chi connectivity index (χ1) is 10.7. The molecule has 22 heavy (non-hydrogen) atoms. The van der Waals surface area contributed by atoms with Crippen LogP contribution >= 0.6 is 0 Å². The number of amides is 1. The lowest BCUT2D eigenvalue weighted by Crippen LogP contribution is -2.41. The van der Waals surface area contributed by atoms with Gasteiger partial charge in [0.05, 0.1) is 6.20 Å². The molecule has 0 unspecified atom stereocenters. The van der Waals surface area contributed by atoms with Gasteiger partial charge in [-0.2, -0.15) is 5.10 Å². The minimum atomic E-state index is 0.230. The summed E-state index contributed by atoms with van der Waals surface area (Å²) in [4.78, 5) is 15.2. The molecule has 1 aromatic heterocycles. The maximum Gasteiger partial charge on any atom is 0.226 e. The van der Waals surface area contributed by atoms with E-state index in [1.807, 2.05) is 17.9 Å². The number of hydrogen-bond acceptors (Lipinski definition) is 2. The summed E-state index contributed by atoms with van der Waals surface area (Å²) in [6.07, 6.45) is 14.3. The number of aromatic nitrogens is 2. The van der Waals surface area contributed by atoms with Crippen LogP contribution in [0.5, 0.6) is 0 Å². The highest BCUT2D eigenvalue weighted by Crippen LogP contribution is 2.49. The van der Waals surface area contributed by atoms with Crippen molar-refractivity contribution in [2.24, 2.45) is 18.9 Å². The Labute approximate surface area is 132 Å². The van der Waals surface area contributed by atoms with Gasteiger partial charge in [0.1, 0.15) is 0 Å². The molecule has 4 heteroatoms. The van der Waals surface area contributed by atoms with Crippen molar-refractivity contribution in [1.82, 2.24) is 14.7 Å². The van der Waals surface area contributed by atoms with Crippen LogP contribution in [0, 0.1) is 11.8 Å². The Morgan fingerprint density at radius 3 is 2.73 bits per heavy atom. The average molecular weight is 301 g/mol. The van der Waals surface area contributed by atoms with Gasteiger partial charge in [0.15, 0.2) is 0 Å². The molecule has 1 aromatic rings. The molecule has 1 saturated heterocycles. The summed E-state index contributed by atoms with van der Waals surface area (Å²) in [5.41, 5.74) is 1.24. The van der Waals surface area contributed by atoms with Gasteiger partial charge >= 0.3 is 0 Å². The second-order valence-electron chi connectivity index (χ2n) is 7.54. The molecule has 120 valence electrons. The average Bonchev–Trinajstić information content (AvgIpc) is 2.98. The van der Waals surface area contributed by atoms with Crippen molar-refractivity contribution < 1.29 is 4.79 Å². The molecule has 3 aliphatic rings. The van der Waals surface area contributed by atoms with Crippen LogP contribution < -0.4 is 0 Å². The highest BCUT2D eigenvalue weighted by Gasteiger charge is 2.48. The van der Waals surface area contributed by atoms with Crippen LogP contribution in [0.1, 0.15) is 62.8 Å². The van der Waals surface area contributed by atoms with Crippen LogP contribution in [0.15, 0.2) is 12.4 Å². The van der Waals surface area contributed by atoms with E-state index in [0.29, 0.717) is 17.9 Å². The van der Waals surface area contributed by atoms with Gasteiger partial charge in [0.25, 0.3) is 0 Å². The summed E-state index contributed by atoms with van der Waals surface area (Å²) in [6, 6.07) is 0.544. The summed E-state index contributed by atoms with van der Waals surface area (Å²) in [5.74, 6) is 1.86. The predicted molar refractivity (Wildman–Crippen MR) is 85.4 cm³/mol. The zero-order chi connectivity index (χ0) is 15.1. The summed E-state index contributed by atoms with van der Waals surface area (Å²) >= 11 is 0. The first kappa shape index (κ1) is 14.3. The Kier molecular flexibility index (Phi) is 3.71. The first-order valence-corrected chi connectivity index (χ1v) is 9.03. The number of likely N-dealkylation sites (tertiary alicyclic amines) is 1. The van der Waals surface area contributed by atoms with Crippen LogP contribution in [0.25, 0.3) is 0 Å². The Hall–Kier alpha value is -1.32. The molecule has 0 radical (unpaired) electrons. The Bertz CT molecular complexity index is 546. The van der Waals surface area contributed by atoms with Crippen molar-refractivity contribution in [3.05, 3.63) is 18.0 Å². The standard InChI is InChI=1S/C18H27N3O/c1-20-12-14(11-19-20)15-10-16(15)18(22)21-9-5-8-17(21)13-6-3-2-4-7-13/h11-13,15-17H,2-10H2,1H3/t15-,16+,17-/m0/s1. The molecule has 0 spiro atoms. The minimum absolute atomic E-state index is 0.230. The smallest absolute Gasteiger partial charge is 0.226 e. The van der Waals surface area contributed by atoms with E-state index in [1.165, 1.54) is 50.5 Å². The lowest BCUT2D eigenvalue weighted by atomic mass is 9.83. The van der Waals surface area contributed by atoms with Gasteiger partial charge in [-0.15, -0.1) is 0 Å². The van der Waals surface area contributed by atoms with Crippen molar-refractivity contribution in [2.75, 3.05) is 6.54 Å². The number of carbonyl (C=O) groups is 1. The Morgan fingerprint density at radius 1 is 1.18 bits per heavy atom. The second kappa shape index (κ2) is 5.71. The maximum atomic E-state index is 12.9. The molecule has 1 aliphatic heterocycles. The van der Waals surface area contributed by atoms with Crippen LogP contribution in [0.2, 0.25) is 0 Å². The molecule has 1 amide bonds. The Balaban J connectivity index is 1.41. The molecule has 0 N–H and O–H groups in total. The fourth-order valence-corrected chi connectivity index (χ4v) is 4.76. The largest absolute Gasteiger partial charge is 0.339 e. The number of rotatable bonds is 3. The quantitative estimate of drug-likeness (QED) is 0.860. The zero-order valence-electron chi connectivity index (χ0n) is 13.6. The van der Waals surface area contributed by atoms with Crippen molar-refractivity contribution in [1.29, 1.82) is 0 Å². The van der Waals surface area contributed by atoms with Crippen LogP contribution in [0.3, 0.4) is 0 Å². The Morgan fingerprint density at radius 2 is 2.00 bits per heavy atom. The van der Waals surface area contributed by atoms with E-state index in [2.05, 4.69) is 16.2 Å². The number of nitrogens with zero attached hydrogens (tertiary/aromatic N) is 3. The fourth-order valence-electron chi connectivity index (χ4n) is 4.76. The van der Waals surface area contributed by atoms with E-state index in [0.717, 1.165) is 18.9 Å². The van der Waals surface area contributed by atoms with Gasteiger partial charge in [-0.05, 0) is 49.5 Å². The van der Waals surface area contributed by atoms with Gasteiger partial charge in [0.2, 0.25) is 5.91 Å². The first-order valence-electron chi connectivity index (χ1n) is 9.03. The van der Waals surface area contributed by atoms with Crippen molar-refractivity contribution in [3.63, 3.8) is 0 Å². The van der Waals surface area contributed by atoms with E-state index in [1.54, 1.807) is 0 Å². The van der Waals surface area contributed by atoms with Crippen LogP contribution in [-0.2, 0) is 11.8 Å². The normalized spacial score (nSPS) is 32.4. The van der Waals surface area contributed by atoms with Gasteiger partial charge in [0, 0.05) is 31.7 Å². The van der Waals surface area contributed by atoms with Gasteiger partial charge < -0.3 is 4.90 Å². The molecule has 4 nitrogen and oxygen atoms in total. The molecule has 0 aromatic carbocycles. The molecular weight excluding hydrogens is 274 g/mol. The van der Waals surface area contributed by atoms with Gasteiger partial charge in [-0.25, -0.2) is 0 Å². The third-order valence-corrected chi connectivity index (χ3v) is 6.04. The van der Waals surface area contributed by atoms with Gasteiger partial charge in [-0.1, -0.05) is 19.3 Å². The number of hydrogen-bond donors (Lipinski definition) is 0. The van der Waals surface area contributed by atoms with E-state index in [9.17, 15) is 4.79 Å². The number of aryl methyl sites for hydroxylation is 1. The highest BCUT2D eigenvalue weighted by molar-refractivity contribution is 5.83. The third-order valence-electron chi connectivity index (χ3n) is 6.04. The molecule has 3 atom stereocenters. The molecular formula is C18H27N3O. The van der Waals surface area contributed by atoms with Crippen molar-refractivity contribution in [3.8, 4) is 0 Å². The summed E-state index contributed by atoms with van der Waals surface area (Å²) < 4.78 is 1.84. The molecule has 2 saturated carbocycles. The lowest BCUT2D eigenvalue weighted by Gasteiger charge is -2.34. The lowest BCUT2D eigenvalue weighted by molar-refractivity contribution is -0.134. The van der Waals surface area contributed by atoms with Crippen molar-refractivity contribution >= 4 is 5.91 Å².